The number of carbonyl (C=O) groups is 2. The molecule has 1 amide bonds. The Bertz CT molecular complexity index is 1290. The van der Waals surface area contributed by atoms with Crippen molar-refractivity contribution in [2.45, 2.75) is 51.8 Å². The average molecular weight is 502 g/mol. The molecule has 0 bridgehead atoms. The number of amides is 1. The second kappa shape index (κ2) is 10.6. The number of aromatic nitrogens is 2. The van der Waals surface area contributed by atoms with Crippen LogP contribution in [0, 0.1) is 12.8 Å². The molecule has 0 N–H and O–H groups in total. The van der Waals surface area contributed by atoms with E-state index in [1.807, 2.05) is 67.6 Å². The fourth-order valence-electron chi connectivity index (χ4n) is 5.17. The molecule has 37 heavy (non-hydrogen) atoms. The second-order valence-corrected chi connectivity index (χ2v) is 9.58. The molecule has 0 atom stereocenters. The van der Waals surface area contributed by atoms with Crippen molar-refractivity contribution in [3.05, 3.63) is 99.2 Å². The molecule has 0 saturated heterocycles. The lowest BCUT2D eigenvalue weighted by Gasteiger charge is -2.35. The van der Waals surface area contributed by atoms with E-state index >= 15 is 0 Å². The van der Waals surface area contributed by atoms with Gasteiger partial charge in [-0.2, -0.15) is 0 Å². The SMILES string of the molecule is CCOC(=O)C1CC(OC(=O)N2CCc3c(nc(C)n(C(c4ccccc4)c4ccccc4)c3=O)C2)C1. The number of esters is 1. The molecule has 1 aliphatic carbocycles. The van der Waals surface area contributed by atoms with Crippen molar-refractivity contribution in [3.8, 4) is 0 Å². The van der Waals surface area contributed by atoms with Gasteiger partial charge in [0, 0.05) is 12.1 Å². The minimum Gasteiger partial charge on any atom is -0.466 e. The summed E-state index contributed by atoms with van der Waals surface area (Å²) in [6, 6.07) is 19.6. The molecule has 1 aliphatic heterocycles. The minimum atomic E-state index is -0.437. The van der Waals surface area contributed by atoms with Crippen molar-refractivity contribution in [1.82, 2.24) is 14.5 Å². The van der Waals surface area contributed by atoms with Crippen LogP contribution in [0.1, 0.15) is 54.0 Å². The lowest BCUT2D eigenvalue weighted by atomic mass is 9.82. The largest absolute Gasteiger partial charge is 0.466 e. The summed E-state index contributed by atoms with van der Waals surface area (Å²) >= 11 is 0. The smallest absolute Gasteiger partial charge is 0.410 e. The van der Waals surface area contributed by atoms with E-state index < -0.39 is 6.09 Å². The van der Waals surface area contributed by atoms with Gasteiger partial charge in [-0.25, -0.2) is 9.78 Å². The summed E-state index contributed by atoms with van der Waals surface area (Å²) in [6.45, 7) is 4.55. The maximum atomic E-state index is 13.8. The Kier molecular flexibility index (Phi) is 7.08. The summed E-state index contributed by atoms with van der Waals surface area (Å²) in [4.78, 5) is 44.8. The molecule has 0 spiro atoms. The second-order valence-electron chi connectivity index (χ2n) is 9.58. The number of fused-ring (bicyclic) bond motifs is 1. The standard InChI is InChI=1S/C29H31N3O5/c1-3-36-28(34)22-16-23(17-22)37-29(35)31-15-14-24-25(18-31)30-19(2)32(27(24)33)26(20-10-6-4-7-11-20)21-12-8-5-9-13-21/h4-13,22-23,26H,3,14-18H2,1-2H3. The van der Waals surface area contributed by atoms with Crippen LogP contribution in [0.25, 0.3) is 0 Å². The number of ether oxygens (including phenoxy) is 2. The topological polar surface area (TPSA) is 90.7 Å². The van der Waals surface area contributed by atoms with E-state index in [9.17, 15) is 14.4 Å². The highest BCUT2D eigenvalue weighted by molar-refractivity contribution is 5.74. The van der Waals surface area contributed by atoms with Crippen molar-refractivity contribution in [3.63, 3.8) is 0 Å². The van der Waals surface area contributed by atoms with Gasteiger partial charge in [0.2, 0.25) is 0 Å². The van der Waals surface area contributed by atoms with E-state index in [-0.39, 0.29) is 36.1 Å². The van der Waals surface area contributed by atoms with E-state index in [2.05, 4.69) is 0 Å². The Labute approximate surface area is 215 Å². The number of hydrogen-bond acceptors (Lipinski definition) is 6. The van der Waals surface area contributed by atoms with Gasteiger partial charge in [-0.1, -0.05) is 60.7 Å². The van der Waals surface area contributed by atoms with Crippen LogP contribution in [0.15, 0.2) is 65.5 Å². The first kappa shape index (κ1) is 24.7. The van der Waals surface area contributed by atoms with Crippen LogP contribution in [0.2, 0.25) is 0 Å². The molecule has 5 rings (SSSR count). The molecular formula is C29H31N3O5. The van der Waals surface area contributed by atoms with Crippen LogP contribution in [-0.2, 0) is 27.2 Å². The maximum Gasteiger partial charge on any atom is 0.410 e. The first-order chi connectivity index (χ1) is 18.0. The van der Waals surface area contributed by atoms with Crippen molar-refractivity contribution in [1.29, 1.82) is 0 Å². The molecule has 192 valence electrons. The average Bonchev–Trinajstić information content (AvgIpc) is 2.89. The zero-order valence-electron chi connectivity index (χ0n) is 21.1. The highest BCUT2D eigenvalue weighted by Crippen LogP contribution is 2.32. The third kappa shape index (κ3) is 5.01. The van der Waals surface area contributed by atoms with Gasteiger partial charge >= 0.3 is 12.1 Å². The summed E-state index contributed by atoms with van der Waals surface area (Å²) in [5, 5.41) is 0. The van der Waals surface area contributed by atoms with Gasteiger partial charge in [0.15, 0.2) is 0 Å². The first-order valence-electron chi connectivity index (χ1n) is 12.8. The molecule has 2 aromatic carbocycles. The van der Waals surface area contributed by atoms with Gasteiger partial charge < -0.3 is 14.4 Å². The molecule has 3 aromatic rings. The van der Waals surface area contributed by atoms with Crippen LogP contribution in [0.5, 0.6) is 0 Å². The van der Waals surface area contributed by atoms with Crippen LogP contribution in [0.3, 0.4) is 0 Å². The third-order valence-electron chi connectivity index (χ3n) is 7.17. The normalized spacial score (nSPS) is 18.6. The first-order valence-corrected chi connectivity index (χ1v) is 12.8. The van der Waals surface area contributed by atoms with Gasteiger partial charge in [-0.05, 0) is 44.2 Å². The van der Waals surface area contributed by atoms with Gasteiger partial charge in [0.05, 0.1) is 30.8 Å². The van der Waals surface area contributed by atoms with Gasteiger partial charge in [-0.3, -0.25) is 14.2 Å². The van der Waals surface area contributed by atoms with Gasteiger partial charge in [-0.15, -0.1) is 0 Å². The molecule has 1 aromatic heterocycles. The minimum absolute atomic E-state index is 0.0792. The molecule has 0 unspecified atom stereocenters. The van der Waals surface area contributed by atoms with Crippen LogP contribution in [0.4, 0.5) is 4.79 Å². The van der Waals surface area contributed by atoms with Crippen molar-refractivity contribution in [2.75, 3.05) is 13.2 Å². The predicted octanol–water partition coefficient (Wildman–Crippen LogP) is 4.03. The molecule has 0 radical (unpaired) electrons. The Morgan fingerprint density at radius 1 is 1.03 bits per heavy atom. The highest BCUT2D eigenvalue weighted by Gasteiger charge is 2.39. The van der Waals surface area contributed by atoms with Crippen LogP contribution >= 0.6 is 0 Å². The molecular weight excluding hydrogens is 470 g/mol. The molecule has 1 fully saturated rings. The Balaban J connectivity index is 1.36. The van der Waals surface area contributed by atoms with E-state index in [0.29, 0.717) is 49.5 Å². The summed E-state index contributed by atoms with van der Waals surface area (Å²) in [5.41, 5.74) is 3.17. The summed E-state index contributed by atoms with van der Waals surface area (Å²) in [6.07, 6.45) is 0.647. The number of nitrogens with zero attached hydrogens (tertiary/aromatic N) is 3. The number of carbonyl (C=O) groups excluding carboxylic acids is 2. The quantitative estimate of drug-likeness (QED) is 0.474. The van der Waals surface area contributed by atoms with Crippen molar-refractivity contribution >= 4 is 12.1 Å². The molecule has 8 heteroatoms. The molecule has 8 nitrogen and oxygen atoms in total. The third-order valence-corrected chi connectivity index (χ3v) is 7.17. The fraction of sp³-hybridized carbons (Fsp3) is 0.379. The lowest BCUT2D eigenvalue weighted by molar-refractivity contribution is -0.155. The van der Waals surface area contributed by atoms with Crippen LogP contribution in [-0.4, -0.2) is 45.8 Å². The van der Waals surface area contributed by atoms with E-state index in [1.165, 1.54) is 0 Å². The zero-order valence-corrected chi connectivity index (χ0v) is 21.1. The van der Waals surface area contributed by atoms with Crippen molar-refractivity contribution in [2.24, 2.45) is 5.92 Å². The number of rotatable bonds is 6. The summed E-state index contributed by atoms with van der Waals surface area (Å²) < 4.78 is 12.4. The summed E-state index contributed by atoms with van der Waals surface area (Å²) in [7, 11) is 0. The fourth-order valence-corrected chi connectivity index (χ4v) is 5.17. The number of benzene rings is 2. The Morgan fingerprint density at radius 3 is 2.24 bits per heavy atom. The van der Waals surface area contributed by atoms with Gasteiger partial charge in [0.25, 0.3) is 5.56 Å². The summed E-state index contributed by atoms with van der Waals surface area (Å²) in [5.74, 6) is 0.152. The highest BCUT2D eigenvalue weighted by atomic mass is 16.6. The van der Waals surface area contributed by atoms with E-state index in [4.69, 9.17) is 14.5 Å². The molecule has 2 aliphatic rings. The van der Waals surface area contributed by atoms with E-state index in [1.54, 1.807) is 16.4 Å². The Morgan fingerprint density at radius 2 is 1.65 bits per heavy atom. The Hall–Kier alpha value is -3.94. The number of aryl methyl sites for hydroxylation is 1. The van der Waals surface area contributed by atoms with Crippen molar-refractivity contribution < 1.29 is 19.1 Å². The molecule has 2 heterocycles. The zero-order chi connectivity index (χ0) is 25.9. The number of hydrogen-bond donors (Lipinski definition) is 0. The molecule has 1 saturated carbocycles. The van der Waals surface area contributed by atoms with Crippen LogP contribution < -0.4 is 5.56 Å². The monoisotopic (exact) mass is 501 g/mol. The predicted molar refractivity (Wildman–Crippen MR) is 137 cm³/mol. The van der Waals surface area contributed by atoms with Gasteiger partial charge in [0.1, 0.15) is 11.9 Å². The maximum absolute atomic E-state index is 13.8. The van der Waals surface area contributed by atoms with E-state index in [0.717, 1.165) is 11.1 Å². The lowest BCUT2D eigenvalue weighted by Crippen LogP contribution is -2.45.